The van der Waals surface area contributed by atoms with Gasteiger partial charge in [-0.1, -0.05) is 56.3 Å². The van der Waals surface area contributed by atoms with Gasteiger partial charge in [0.2, 0.25) is 5.91 Å². The molecule has 0 aliphatic heterocycles. The molecule has 1 aliphatic rings. The molecule has 1 aromatic carbocycles. The molecule has 1 unspecified atom stereocenters. The number of aliphatic carboxylic acids is 1. The molecule has 0 spiro atoms. The first kappa shape index (κ1) is 23.5. The van der Waals surface area contributed by atoms with Crippen LogP contribution < -0.4 is 5.43 Å². The number of benzene rings is 1. The predicted molar refractivity (Wildman–Crippen MR) is 113 cm³/mol. The van der Waals surface area contributed by atoms with Crippen molar-refractivity contribution in [1.29, 1.82) is 0 Å². The summed E-state index contributed by atoms with van der Waals surface area (Å²) in [5.74, 6) is -2.00. The molecular formula is C21H28Cl2N2O4. The van der Waals surface area contributed by atoms with Gasteiger partial charge in [-0.15, -0.1) is 0 Å². The van der Waals surface area contributed by atoms with E-state index in [1.54, 1.807) is 0 Å². The topological polar surface area (TPSA) is 86.7 Å². The molecule has 1 fully saturated rings. The third-order valence-electron chi connectivity index (χ3n) is 5.11. The van der Waals surface area contributed by atoms with E-state index < -0.39 is 17.9 Å². The molecule has 1 aliphatic carbocycles. The van der Waals surface area contributed by atoms with E-state index in [4.69, 9.17) is 23.2 Å². The van der Waals surface area contributed by atoms with Crippen molar-refractivity contribution in [1.82, 2.24) is 10.4 Å². The number of hydrogen-bond acceptors (Lipinski definition) is 3. The third-order valence-corrected chi connectivity index (χ3v) is 5.68. The lowest BCUT2D eigenvalue weighted by atomic mass is 9.87. The first-order chi connectivity index (χ1) is 13.7. The zero-order valence-corrected chi connectivity index (χ0v) is 18.3. The highest BCUT2D eigenvalue weighted by molar-refractivity contribution is 6.35. The Hall–Kier alpha value is -1.79. The van der Waals surface area contributed by atoms with E-state index in [1.807, 2.05) is 13.8 Å². The summed E-state index contributed by atoms with van der Waals surface area (Å²) >= 11 is 12.1. The van der Waals surface area contributed by atoms with Gasteiger partial charge in [0.15, 0.2) is 6.04 Å². The van der Waals surface area contributed by atoms with Crippen LogP contribution in [-0.4, -0.2) is 33.9 Å². The van der Waals surface area contributed by atoms with E-state index >= 15 is 0 Å². The second kappa shape index (κ2) is 10.8. The minimum atomic E-state index is -1.21. The maximum absolute atomic E-state index is 13.2. The van der Waals surface area contributed by atoms with Gasteiger partial charge in [-0.3, -0.25) is 15.0 Å². The van der Waals surface area contributed by atoms with Gasteiger partial charge < -0.3 is 5.11 Å². The van der Waals surface area contributed by atoms with Crippen LogP contribution in [0.5, 0.6) is 0 Å². The summed E-state index contributed by atoms with van der Waals surface area (Å²) in [5, 5.41) is 11.1. The van der Waals surface area contributed by atoms with Crippen molar-refractivity contribution in [3.63, 3.8) is 0 Å². The van der Waals surface area contributed by atoms with Crippen molar-refractivity contribution in [2.24, 2.45) is 11.8 Å². The predicted octanol–water partition coefficient (Wildman–Crippen LogP) is 4.94. The number of carboxylic acid groups (broad SMARTS) is 1. The summed E-state index contributed by atoms with van der Waals surface area (Å²) < 4.78 is 0. The summed E-state index contributed by atoms with van der Waals surface area (Å²) in [5.41, 5.74) is 2.61. The molecule has 0 saturated heterocycles. The van der Waals surface area contributed by atoms with Crippen LogP contribution in [0.4, 0.5) is 0 Å². The molecule has 0 radical (unpaired) electrons. The Kier molecular flexibility index (Phi) is 8.78. The largest absolute Gasteiger partial charge is 0.480 e. The van der Waals surface area contributed by atoms with Gasteiger partial charge in [0.1, 0.15) is 0 Å². The van der Waals surface area contributed by atoms with Crippen LogP contribution in [0.3, 0.4) is 0 Å². The summed E-state index contributed by atoms with van der Waals surface area (Å²) in [6.07, 6.45) is 5.73. The van der Waals surface area contributed by atoms with Gasteiger partial charge in [0.25, 0.3) is 5.91 Å². The SMILES string of the molecule is CC(C)CC(C(=O)O)N(NC(=O)CC1CCCCC1)C(=O)c1cc(Cl)ccc1Cl. The van der Waals surface area contributed by atoms with E-state index in [-0.39, 0.29) is 41.2 Å². The van der Waals surface area contributed by atoms with Crippen LogP contribution in [-0.2, 0) is 9.59 Å². The third kappa shape index (κ3) is 6.89. The van der Waals surface area contributed by atoms with Gasteiger partial charge in [-0.2, -0.15) is 0 Å². The molecule has 0 bridgehead atoms. The molecule has 8 heteroatoms. The standard InChI is InChI=1S/C21H28Cl2N2O4/c1-13(2)10-18(21(28)29)25(20(27)16-12-15(22)8-9-17(16)23)24-19(26)11-14-6-4-3-5-7-14/h8-9,12-14,18H,3-7,10-11H2,1-2H3,(H,24,26)(H,28,29). The van der Waals surface area contributed by atoms with Crippen LogP contribution in [0, 0.1) is 11.8 Å². The quantitative estimate of drug-likeness (QED) is 0.585. The second-order valence-electron chi connectivity index (χ2n) is 8.03. The Bertz CT molecular complexity index is 748. The van der Waals surface area contributed by atoms with Crippen molar-refractivity contribution in [3.8, 4) is 0 Å². The maximum Gasteiger partial charge on any atom is 0.328 e. The highest BCUT2D eigenvalue weighted by Crippen LogP contribution is 2.27. The molecule has 0 aromatic heterocycles. The molecule has 2 rings (SSSR count). The molecule has 160 valence electrons. The molecule has 1 saturated carbocycles. The maximum atomic E-state index is 13.2. The highest BCUT2D eigenvalue weighted by atomic mass is 35.5. The zero-order valence-electron chi connectivity index (χ0n) is 16.8. The monoisotopic (exact) mass is 442 g/mol. The average Bonchev–Trinajstić information content (AvgIpc) is 2.66. The normalized spacial score (nSPS) is 15.8. The Morgan fingerprint density at radius 3 is 2.41 bits per heavy atom. The number of nitrogens with one attached hydrogen (secondary N) is 1. The summed E-state index contributed by atoms with van der Waals surface area (Å²) in [4.78, 5) is 37.8. The molecule has 2 amide bonds. The van der Waals surface area contributed by atoms with Gasteiger partial charge in [-0.05, 0) is 49.3 Å². The fourth-order valence-corrected chi connectivity index (χ4v) is 4.03. The van der Waals surface area contributed by atoms with E-state index in [2.05, 4.69) is 5.43 Å². The lowest BCUT2D eigenvalue weighted by molar-refractivity contribution is -0.145. The molecule has 6 nitrogen and oxygen atoms in total. The number of amides is 2. The lowest BCUT2D eigenvalue weighted by Crippen LogP contribution is -2.55. The number of carboxylic acids is 1. The highest BCUT2D eigenvalue weighted by Gasteiger charge is 2.34. The van der Waals surface area contributed by atoms with Gasteiger partial charge in [0, 0.05) is 11.4 Å². The Morgan fingerprint density at radius 1 is 1.17 bits per heavy atom. The molecular weight excluding hydrogens is 415 g/mol. The molecule has 2 N–H and O–H groups in total. The van der Waals surface area contributed by atoms with E-state index in [1.165, 1.54) is 24.6 Å². The summed E-state index contributed by atoms with van der Waals surface area (Å²) in [6, 6.07) is 3.17. The Morgan fingerprint density at radius 2 is 1.83 bits per heavy atom. The fourth-order valence-electron chi connectivity index (χ4n) is 3.66. The van der Waals surface area contributed by atoms with Gasteiger partial charge >= 0.3 is 5.97 Å². The van der Waals surface area contributed by atoms with E-state index in [9.17, 15) is 19.5 Å². The van der Waals surface area contributed by atoms with Crippen molar-refractivity contribution in [3.05, 3.63) is 33.8 Å². The van der Waals surface area contributed by atoms with Crippen molar-refractivity contribution in [2.45, 2.75) is 64.8 Å². The minimum absolute atomic E-state index is 0.00326. The molecule has 1 atom stereocenters. The van der Waals surface area contributed by atoms with Crippen molar-refractivity contribution < 1.29 is 19.5 Å². The lowest BCUT2D eigenvalue weighted by Gasteiger charge is -2.31. The van der Waals surface area contributed by atoms with Crippen LogP contribution in [0.2, 0.25) is 10.0 Å². The van der Waals surface area contributed by atoms with Crippen molar-refractivity contribution >= 4 is 41.0 Å². The smallest absolute Gasteiger partial charge is 0.328 e. The van der Waals surface area contributed by atoms with Crippen LogP contribution in [0.15, 0.2) is 18.2 Å². The minimum Gasteiger partial charge on any atom is -0.480 e. The number of carbonyl (C=O) groups excluding carboxylic acids is 2. The number of rotatable bonds is 7. The second-order valence-corrected chi connectivity index (χ2v) is 8.87. The average molecular weight is 443 g/mol. The number of hydrazine groups is 1. The van der Waals surface area contributed by atoms with Gasteiger partial charge in [0.05, 0.1) is 10.6 Å². The first-order valence-electron chi connectivity index (χ1n) is 10.00. The van der Waals surface area contributed by atoms with Crippen molar-refractivity contribution in [2.75, 3.05) is 0 Å². The number of nitrogens with zero attached hydrogens (tertiary/aromatic N) is 1. The van der Waals surface area contributed by atoms with Gasteiger partial charge in [-0.25, -0.2) is 9.80 Å². The first-order valence-corrected chi connectivity index (χ1v) is 10.8. The Labute approximate surface area is 181 Å². The number of carbonyl (C=O) groups is 3. The molecule has 29 heavy (non-hydrogen) atoms. The summed E-state index contributed by atoms with van der Waals surface area (Å²) in [7, 11) is 0. The van der Waals surface area contributed by atoms with E-state index in [0.717, 1.165) is 30.7 Å². The zero-order chi connectivity index (χ0) is 21.6. The number of halogens is 2. The molecule has 0 heterocycles. The van der Waals surface area contributed by atoms with Crippen LogP contribution in [0.25, 0.3) is 0 Å². The number of hydrogen-bond donors (Lipinski definition) is 2. The Balaban J connectivity index is 2.28. The van der Waals surface area contributed by atoms with Crippen LogP contribution >= 0.6 is 23.2 Å². The fraction of sp³-hybridized carbons (Fsp3) is 0.571. The van der Waals surface area contributed by atoms with E-state index in [0.29, 0.717) is 5.02 Å². The summed E-state index contributed by atoms with van der Waals surface area (Å²) in [6.45, 7) is 3.71. The molecule has 1 aromatic rings. The van der Waals surface area contributed by atoms with Crippen LogP contribution in [0.1, 0.15) is 69.2 Å².